The van der Waals surface area contributed by atoms with Gasteiger partial charge in [0.2, 0.25) is 13.6 Å². The molecule has 0 unspecified atom stereocenters. The van der Waals surface area contributed by atoms with Gasteiger partial charge in [0.15, 0.2) is 6.79 Å². The van der Waals surface area contributed by atoms with Crippen molar-refractivity contribution in [3.05, 3.63) is 78.4 Å². The molecule has 3 rings (SSSR count). The van der Waals surface area contributed by atoms with Gasteiger partial charge in [-0.1, -0.05) is 13.2 Å². The zero-order valence-corrected chi connectivity index (χ0v) is 24.0. The van der Waals surface area contributed by atoms with Gasteiger partial charge in [-0.05, 0) is 74.2 Å². The van der Waals surface area contributed by atoms with Gasteiger partial charge in [0.1, 0.15) is 34.5 Å². The third kappa shape index (κ3) is 11.3. The number of hydrogen-bond donors (Lipinski definition) is 0. The lowest BCUT2D eigenvalue weighted by molar-refractivity contribution is -0.157. The Morgan fingerprint density at radius 2 is 0.978 bits per heavy atom. The number of esters is 3. The van der Waals surface area contributed by atoms with E-state index in [1.165, 1.54) is 48.5 Å². The lowest BCUT2D eigenvalue weighted by Gasteiger charge is -2.28. The molecule has 0 aliphatic heterocycles. The fourth-order valence-corrected chi connectivity index (χ4v) is 3.76. The fraction of sp³-hybridized carbons (Fsp3) is 0.367. The maximum Gasteiger partial charge on any atom is 0.422 e. The Balaban J connectivity index is 1.30. The average molecular weight is 663 g/mol. The molecule has 2 aromatic rings. The molecule has 0 saturated heterocycles. The topological polar surface area (TPSA) is 116 Å². The molecule has 1 fully saturated rings. The highest BCUT2D eigenvalue weighted by molar-refractivity contribution is 5.90. The summed E-state index contributed by atoms with van der Waals surface area (Å²) in [6, 6.07) is 11.5. The van der Waals surface area contributed by atoms with Gasteiger partial charge in [0.25, 0.3) is 0 Å². The van der Waals surface area contributed by atoms with Crippen LogP contribution in [0.25, 0.3) is 0 Å². The largest absolute Gasteiger partial charge is 0.468 e. The maximum absolute atomic E-state index is 12.5. The van der Waals surface area contributed by atoms with Crippen LogP contribution in [-0.2, 0) is 28.5 Å². The molecule has 2 aromatic carbocycles. The second kappa shape index (κ2) is 16.0. The maximum atomic E-state index is 12.5. The summed E-state index contributed by atoms with van der Waals surface area (Å²) in [6.07, 6.45) is -8.02. The van der Waals surface area contributed by atoms with Gasteiger partial charge in [0, 0.05) is 0 Å². The van der Waals surface area contributed by atoms with Crippen LogP contribution >= 0.6 is 0 Å². The highest BCUT2D eigenvalue weighted by atomic mass is 19.4. The summed E-state index contributed by atoms with van der Waals surface area (Å²) in [6.45, 7) is 3.66. The zero-order valence-electron chi connectivity index (χ0n) is 24.0. The SMILES string of the molecule is C=C(C(=O)OCOc1ccc(OCOC2CCC(OC(=O)c3ccc(OCOC(=O)C(=C)C(F)(F)F)cc3)CC2)cc1)C(F)(F)F. The predicted octanol–water partition coefficient (Wildman–Crippen LogP) is 6.20. The van der Waals surface area contributed by atoms with Gasteiger partial charge in [-0.25, -0.2) is 14.4 Å². The minimum Gasteiger partial charge on any atom is -0.468 e. The first kappa shape index (κ1) is 35.7. The number of benzene rings is 2. The standard InChI is InChI=1S/C30H28F6O10/c1-18(29(31,32)33)26(37)44-16-42-21-5-3-20(4-6-21)28(39)46-25-13-11-24(12-14-25)41-15-40-22-7-9-23(10-8-22)43-17-45-27(38)19(2)30(34,35)36/h3-10,24-25H,1-2,11-17H2. The summed E-state index contributed by atoms with van der Waals surface area (Å²) in [4.78, 5) is 35.1. The molecule has 250 valence electrons. The Labute approximate surface area is 258 Å². The van der Waals surface area contributed by atoms with E-state index in [1.807, 2.05) is 0 Å². The van der Waals surface area contributed by atoms with Crippen LogP contribution in [0.15, 0.2) is 72.8 Å². The number of rotatable bonds is 14. The van der Waals surface area contributed by atoms with E-state index in [0.717, 1.165) is 0 Å². The van der Waals surface area contributed by atoms with E-state index in [2.05, 4.69) is 22.6 Å². The third-order valence-corrected chi connectivity index (χ3v) is 6.35. The van der Waals surface area contributed by atoms with Gasteiger partial charge < -0.3 is 33.2 Å². The number of carbonyl (C=O) groups excluding carboxylic acids is 3. The van der Waals surface area contributed by atoms with E-state index in [1.54, 1.807) is 0 Å². The molecule has 0 N–H and O–H groups in total. The van der Waals surface area contributed by atoms with Crippen molar-refractivity contribution in [2.75, 3.05) is 20.4 Å². The van der Waals surface area contributed by atoms with Crippen molar-refractivity contribution in [2.45, 2.75) is 50.2 Å². The highest BCUT2D eigenvalue weighted by Crippen LogP contribution is 2.27. The number of ether oxygens (including phenoxy) is 7. The van der Waals surface area contributed by atoms with Crippen molar-refractivity contribution < 1.29 is 73.9 Å². The number of carbonyl (C=O) groups is 3. The molecule has 0 aromatic heterocycles. The van der Waals surface area contributed by atoms with Gasteiger partial charge in [-0.2, -0.15) is 26.3 Å². The van der Waals surface area contributed by atoms with Gasteiger partial charge in [-0.15, -0.1) is 0 Å². The van der Waals surface area contributed by atoms with E-state index in [9.17, 15) is 40.7 Å². The van der Waals surface area contributed by atoms with Crippen LogP contribution in [0.5, 0.6) is 17.2 Å². The Morgan fingerprint density at radius 3 is 1.39 bits per heavy atom. The summed E-state index contributed by atoms with van der Waals surface area (Å²) in [5.41, 5.74) is -3.09. The van der Waals surface area contributed by atoms with E-state index in [4.69, 9.17) is 23.7 Å². The number of hydrogen-bond acceptors (Lipinski definition) is 10. The summed E-state index contributed by atoms with van der Waals surface area (Å²) >= 11 is 0. The Hall–Kier alpha value is -4.73. The second-order valence-electron chi connectivity index (χ2n) is 9.57. The predicted molar refractivity (Wildman–Crippen MR) is 144 cm³/mol. The average Bonchev–Trinajstić information content (AvgIpc) is 3.01. The van der Waals surface area contributed by atoms with Gasteiger partial charge >= 0.3 is 30.3 Å². The monoisotopic (exact) mass is 662 g/mol. The molecular weight excluding hydrogens is 634 g/mol. The molecule has 46 heavy (non-hydrogen) atoms. The molecule has 10 nitrogen and oxygen atoms in total. The summed E-state index contributed by atoms with van der Waals surface area (Å²) < 4.78 is 110. The van der Waals surface area contributed by atoms with Crippen molar-refractivity contribution in [3.63, 3.8) is 0 Å². The second-order valence-corrected chi connectivity index (χ2v) is 9.57. The first-order valence-electron chi connectivity index (χ1n) is 13.4. The van der Waals surface area contributed by atoms with Crippen molar-refractivity contribution in [3.8, 4) is 17.2 Å². The van der Waals surface area contributed by atoms with Crippen LogP contribution < -0.4 is 14.2 Å². The first-order valence-corrected chi connectivity index (χ1v) is 13.4. The van der Waals surface area contributed by atoms with Crippen molar-refractivity contribution in [2.24, 2.45) is 0 Å². The Bertz CT molecular complexity index is 1360. The van der Waals surface area contributed by atoms with Crippen LogP contribution in [0.4, 0.5) is 26.3 Å². The van der Waals surface area contributed by atoms with Crippen LogP contribution in [0, 0.1) is 0 Å². The molecule has 0 amide bonds. The van der Waals surface area contributed by atoms with Gasteiger partial charge in [-0.3, -0.25) is 0 Å². The van der Waals surface area contributed by atoms with Crippen LogP contribution in [0.3, 0.4) is 0 Å². The normalized spacial score (nSPS) is 16.5. The number of halogens is 6. The fourth-order valence-electron chi connectivity index (χ4n) is 3.76. The van der Waals surface area contributed by atoms with Crippen molar-refractivity contribution >= 4 is 17.9 Å². The van der Waals surface area contributed by atoms with E-state index in [0.29, 0.717) is 31.4 Å². The highest BCUT2D eigenvalue weighted by Gasteiger charge is 2.38. The minimum atomic E-state index is -4.91. The van der Waals surface area contributed by atoms with Crippen LogP contribution in [-0.4, -0.2) is 62.8 Å². The summed E-state index contributed by atoms with van der Waals surface area (Å²) in [5.74, 6) is -3.10. The quantitative estimate of drug-likeness (QED) is 0.0761. The Kier molecular flexibility index (Phi) is 12.4. The van der Waals surface area contributed by atoms with E-state index >= 15 is 0 Å². The molecule has 0 heterocycles. The number of alkyl halides is 6. The van der Waals surface area contributed by atoms with Gasteiger partial charge in [0.05, 0.1) is 11.7 Å². The van der Waals surface area contributed by atoms with E-state index < -0.39 is 55.0 Å². The molecule has 1 saturated carbocycles. The van der Waals surface area contributed by atoms with E-state index in [-0.39, 0.29) is 36.1 Å². The summed E-state index contributed by atoms with van der Waals surface area (Å²) in [7, 11) is 0. The first-order chi connectivity index (χ1) is 21.6. The lowest BCUT2D eigenvalue weighted by Crippen LogP contribution is -2.29. The minimum absolute atomic E-state index is 0.0722. The van der Waals surface area contributed by atoms with Crippen LogP contribution in [0.1, 0.15) is 36.0 Å². The zero-order chi connectivity index (χ0) is 33.9. The molecule has 0 bridgehead atoms. The molecular formula is C30H28F6O10. The van der Waals surface area contributed by atoms with Crippen molar-refractivity contribution in [1.82, 2.24) is 0 Å². The third-order valence-electron chi connectivity index (χ3n) is 6.35. The molecule has 1 aliphatic carbocycles. The molecule has 0 spiro atoms. The molecule has 0 radical (unpaired) electrons. The molecule has 1 aliphatic rings. The molecule has 0 atom stereocenters. The molecule has 16 heteroatoms. The van der Waals surface area contributed by atoms with Crippen LogP contribution in [0.2, 0.25) is 0 Å². The Morgan fingerprint density at radius 1 is 0.609 bits per heavy atom. The van der Waals surface area contributed by atoms with Crippen molar-refractivity contribution in [1.29, 1.82) is 0 Å². The lowest BCUT2D eigenvalue weighted by atomic mass is 9.95. The smallest absolute Gasteiger partial charge is 0.422 e. The summed E-state index contributed by atoms with van der Waals surface area (Å²) in [5, 5.41) is 0.